The number of amides is 3. The molecule has 0 aliphatic carbocycles. The molecule has 0 spiro atoms. The third-order valence-corrected chi connectivity index (χ3v) is 3.54. The van der Waals surface area contributed by atoms with Crippen molar-refractivity contribution in [1.29, 1.82) is 0 Å². The number of carbonyl (C=O) groups excluding carboxylic acids is 3. The number of hydrogen-bond donors (Lipinski definition) is 3. The highest BCUT2D eigenvalue weighted by molar-refractivity contribution is 6.39. The third kappa shape index (κ3) is 6.50. The maximum atomic E-state index is 12.6. The van der Waals surface area contributed by atoms with Gasteiger partial charge in [-0.05, 0) is 36.4 Å². The molecule has 0 saturated heterocycles. The van der Waals surface area contributed by atoms with E-state index in [0.29, 0.717) is 12.1 Å². The van der Waals surface area contributed by atoms with Gasteiger partial charge in [0, 0.05) is 11.4 Å². The van der Waals surface area contributed by atoms with Crippen molar-refractivity contribution in [2.75, 3.05) is 17.2 Å². The van der Waals surface area contributed by atoms with Crippen LogP contribution in [-0.4, -0.2) is 24.3 Å². The molecule has 0 aromatic heterocycles. The predicted molar refractivity (Wildman–Crippen MR) is 93.2 cm³/mol. The summed E-state index contributed by atoms with van der Waals surface area (Å²) < 4.78 is 75.9. The van der Waals surface area contributed by atoms with Crippen LogP contribution < -0.4 is 16.0 Å². The Morgan fingerprint density at radius 2 is 1.17 bits per heavy atom. The van der Waals surface area contributed by atoms with E-state index in [4.69, 9.17) is 0 Å². The molecule has 30 heavy (non-hydrogen) atoms. The minimum Gasteiger partial charge on any atom is -0.339 e. The van der Waals surface area contributed by atoms with Crippen LogP contribution in [0.4, 0.5) is 37.7 Å². The van der Waals surface area contributed by atoms with Crippen LogP contribution in [0, 0.1) is 0 Å². The zero-order chi connectivity index (χ0) is 22.5. The summed E-state index contributed by atoms with van der Waals surface area (Å²) in [4.78, 5) is 35.2. The van der Waals surface area contributed by atoms with E-state index in [9.17, 15) is 40.7 Å². The average molecular weight is 433 g/mol. The van der Waals surface area contributed by atoms with E-state index >= 15 is 0 Å². The molecule has 0 bridgehead atoms. The topological polar surface area (TPSA) is 87.3 Å². The molecule has 0 atom stereocenters. The lowest BCUT2D eigenvalue weighted by Gasteiger charge is -2.11. The fraction of sp³-hybridized carbons (Fsp3) is 0.167. The highest BCUT2D eigenvalue weighted by Crippen LogP contribution is 2.31. The van der Waals surface area contributed by atoms with Crippen molar-refractivity contribution < 1.29 is 40.7 Å². The Kier molecular flexibility index (Phi) is 6.70. The summed E-state index contributed by atoms with van der Waals surface area (Å²) in [5.41, 5.74) is -2.51. The molecule has 0 fully saturated rings. The Hall–Kier alpha value is -3.57. The number of rotatable bonds is 4. The summed E-state index contributed by atoms with van der Waals surface area (Å²) in [5, 5.41) is 5.96. The maximum absolute atomic E-state index is 12.6. The molecule has 2 aromatic carbocycles. The Morgan fingerprint density at radius 3 is 1.63 bits per heavy atom. The van der Waals surface area contributed by atoms with Gasteiger partial charge in [0.2, 0.25) is 5.91 Å². The normalized spacial score (nSPS) is 11.5. The number of hydrogen-bond acceptors (Lipinski definition) is 3. The molecule has 3 N–H and O–H groups in total. The zero-order valence-corrected chi connectivity index (χ0v) is 14.8. The van der Waals surface area contributed by atoms with Crippen molar-refractivity contribution in [2.24, 2.45) is 0 Å². The molecule has 0 saturated carbocycles. The van der Waals surface area contributed by atoms with Crippen LogP contribution in [-0.2, 0) is 26.7 Å². The molecule has 0 unspecified atom stereocenters. The molecule has 2 rings (SSSR count). The number of alkyl halides is 6. The summed E-state index contributed by atoms with van der Waals surface area (Å²) in [6.07, 6.45) is -9.26. The third-order valence-electron chi connectivity index (χ3n) is 3.54. The second-order valence-corrected chi connectivity index (χ2v) is 5.84. The SMILES string of the molecule is O=C(CNC(=O)C(=O)Nc1cccc(C(F)(F)F)c1)Nc1cccc(C(F)(F)F)c1. The van der Waals surface area contributed by atoms with E-state index in [2.05, 4.69) is 5.32 Å². The highest BCUT2D eigenvalue weighted by atomic mass is 19.4. The van der Waals surface area contributed by atoms with E-state index in [-0.39, 0.29) is 11.4 Å². The van der Waals surface area contributed by atoms with Crippen LogP contribution in [0.15, 0.2) is 48.5 Å². The monoisotopic (exact) mass is 433 g/mol. The van der Waals surface area contributed by atoms with Crippen LogP contribution in [0.1, 0.15) is 11.1 Å². The van der Waals surface area contributed by atoms with Crippen LogP contribution >= 0.6 is 0 Å². The summed E-state index contributed by atoms with van der Waals surface area (Å²) in [7, 11) is 0. The van der Waals surface area contributed by atoms with Gasteiger partial charge in [0.15, 0.2) is 0 Å². The molecule has 0 heterocycles. The molecule has 6 nitrogen and oxygen atoms in total. The number of halogens is 6. The summed E-state index contributed by atoms with van der Waals surface area (Å²) in [5.74, 6) is -3.58. The van der Waals surface area contributed by atoms with Crippen LogP contribution in [0.5, 0.6) is 0 Å². The standard InChI is InChI=1S/C18H13F6N3O3/c19-17(20,21)10-3-1-5-12(7-10)26-14(28)9-25-15(29)16(30)27-13-6-2-4-11(8-13)18(22,23)24/h1-8H,9H2,(H,25,29)(H,26,28)(H,27,30). The minimum atomic E-state index is -4.65. The van der Waals surface area contributed by atoms with Crippen molar-refractivity contribution in [1.82, 2.24) is 5.32 Å². The molecule has 0 radical (unpaired) electrons. The second-order valence-electron chi connectivity index (χ2n) is 5.84. The van der Waals surface area contributed by atoms with Gasteiger partial charge in [-0.15, -0.1) is 0 Å². The Balaban J connectivity index is 1.89. The van der Waals surface area contributed by atoms with Gasteiger partial charge in [0.25, 0.3) is 0 Å². The first-order chi connectivity index (χ1) is 13.9. The van der Waals surface area contributed by atoms with Crippen LogP contribution in [0.2, 0.25) is 0 Å². The lowest BCUT2D eigenvalue weighted by Crippen LogP contribution is -2.39. The van der Waals surface area contributed by atoms with E-state index < -0.39 is 47.7 Å². The van der Waals surface area contributed by atoms with Gasteiger partial charge < -0.3 is 16.0 Å². The van der Waals surface area contributed by atoms with Gasteiger partial charge in [-0.2, -0.15) is 26.3 Å². The van der Waals surface area contributed by atoms with Gasteiger partial charge in [0.05, 0.1) is 17.7 Å². The molecule has 12 heteroatoms. The van der Waals surface area contributed by atoms with Crippen molar-refractivity contribution >= 4 is 29.1 Å². The summed E-state index contributed by atoms with van der Waals surface area (Å²) in [6.45, 7) is -0.759. The van der Waals surface area contributed by atoms with E-state index in [1.165, 1.54) is 6.07 Å². The molecule has 2 aromatic rings. The minimum absolute atomic E-state index is 0.183. The van der Waals surface area contributed by atoms with Crippen molar-refractivity contribution in [2.45, 2.75) is 12.4 Å². The lowest BCUT2D eigenvalue weighted by molar-refractivity contribution is -0.138. The van der Waals surface area contributed by atoms with Crippen molar-refractivity contribution in [3.8, 4) is 0 Å². The fourth-order valence-corrected chi connectivity index (χ4v) is 2.18. The van der Waals surface area contributed by atoms with Gasteiger partial charge in [-0.25, -0.2) is 0 Å². The summed E-state index contributed by atoms with van der Waals surface area (Å²) in [6, 6.07) is 7.28. The first-order valence-corrected chi connectivity index (χ1v) is 8.10. The Morgan fingerprint density at radius 1 is 0.700 bits per heavy atom. The fourth-order valence-electron chi connectivity index (χ4n) is 2.18. The molecule has 0 aliphatic heterocycles. The van der Waals surface area contributed by atoms with E-state index in [1.54, 1.807) is 0 Å². The zero-order valence-electron chi connectivity index (χ0n) is 14.8. The number of nitrogens with one attached hydrogen (secondary N) is 3. The van der Waals surface area contributed by atoms with Gasteiger partial charge in [-0.1, -0.05) is 12.1 Å². The van der Waals surface area contributed by atoms with E-state index in [0.717, 1.165) is 30.3 Å². The Bertz CT molecular complexity index is 957. The smallest absolute Gasteiger partial charge is 0.339 e. The van der Waals surface area contributed by atoms with Gasteiger partial charge in [-0.3, -0.25) is 14.4 Å². The molecule has 0 aliphatic rings. The first kappa shape index (κ1) is 22.7. The maximum Gasteiger partial charge on any atom is 0.416 e. The summed E-state index contributed by atoms with van der Waals surface area (Å²) >= 11 is 0. The van der Waals surface area contributed by atoms with Crippen molar-refractivity contribution in [3.05, 3.63) is 59.7 Å². The number of anilines is 2. The van der Waals surface area contributed by atoms with E-state index in [1.807, 2.05) is 10.6 Å². The molecule has 3 amide bonds. The van der Waals surface area contributed by atoms with Gasteiger partial charge >= 0.3 is 24.2 Å². The van der Waals surface area contributed by atoms with Crippen molar-refractivity contribution in [3.63, 3.8) is 0 Å². The average Bonchev–Trinajstić information content (AvgIpc) is 2.65. The quantitative estimate of drug-likeness (QED) is 0.510. The Labute approximate surface area is 165 Å². The first-order valence-electron chi connectivity index (χ1n) is 8.10. The predicted octanol–water partition coefficient (Wildman–Crippen LogP) is 3.42. The number of benzene rings is 2. The van der Waals surface area contributed by atoms with Gasteiger partial charge in [0.1, 0.15) is 0 Å². The lowest BCUT2D eigenvalue weighted by atomic mass is 10.2. The van der Waals surface area contributed by atoms with Crippen LogP contribution in [0.3, 0.4) is 0 Å². The van der Waals surface area contributed by atoms with Crippen LogP contribution in [0.25, 0.3) is 0 Å². The highest BCUT2D eigenvalue weighted by Gasteiger charge is 2.31. The number of carbonyl (C=O) groups is 3. The molecule has 160 valence electrons. The molecular formula is C18H13F6N3O3. The second kappa shape index (κ2) is 8.84. The largest absolute Gasteiger partial charge is 0.416 e. The molecular weight excluding hydrogens is 420 g/mol.